The number of nitrogens with one attached hydrogen (secondary N) is 1. The Labute approximate surface area is 155 Å². The molecule has 0 saturated heterocycles. The van der Waals surface area contributed by atoms with Crippen LogP contribution in [0.25, 0.3) is 10.7 Å². The molecule has 8 heteroatoms. The summed E-state index contributed by atoms with van der Waals surface area (Å²) in [5.41, 5.74) is 1.50. The molecule has 0 fully saturated rings. The molecule has 3 aromatic heterocycles. The fourth-order valence-electron chi connectivity index (χ4n) is 3.12. The minimum Gasteiger partial charge on any atom is -0.344 e. The number of aryl methyl sites for hydroxylation is 2. The van der Waals surface area contributed by atoms with Crippen molar-refractivity contribution in [2.75, 3.05) is 0 Å². The molecule has 134 valence electrons. The maximum absolute atomic E-state index is 12.6. The zero-order chi connectivity index (χ0) is 17.9. The maximum atomic E-state index is 12.6. The Hall–Kier alpha value is -2.61. The highest BCUT2D eigenvalue weighted by molar-refractivity contribution is 7.17. The first-order chi connectivity index (χ1) is 12.7. The molecule has 1 aliphatic rings. The van der Waals surface area contributed by atoms with E-state index in [1.54, 1.807) is 6.20 Å². The highest BCUT2D eigenvalue weighted by atomic mass is 32.1. The first-order valence-electron chi connectivity index (χ1n) is 8.80. The molecule has 0 aliphatic carbocycles. The van der Waals surface area contributed by atoms with Gasteiger partial charge in [-0.05, 0) is 31.9 Å². The molecule has 0 spiro atoms. The summed E-state index contributed by atoms with van der Waals surface area (Å²) in [7, 11) is 0. The van der Waals surface area contributed by atoms with Crippen molar-refractivity contribution in [3.63, 3.8) is 0 Å². The average Bonchev–Trinajstić information content (AvgIpc) is 3.16. The van der Waals surface area contributed by atoms with Crippen LogP contribution in [-0.4, -0.2) is 30.6 Å². The first kappa shape index (κ1) is 16.8. The van der Waals surface area contributed by atoms with Crippen LogP contribution < -0.4 is 5.32 Å². The normalized spacial score (nSPS) is 13.9. The average molecular weight is 368 g/mol. The standard InChI is InChI=1S/C18H20N6OS/c1-12-16(26-18(21-12)13-7-4-5-9-19-13)17(25)20-11-15-23-22-14-8-3-2-6-10-24(14)15/h4-5,7,9H,2-3,6,8,10-11H2,1H3,(H,20,25). The molecule has 4 heterocycles. The lowest BCUT2D eigenvalue weighted by Crippen LogP contribution is -2.24. The quantitative estimate of drug-likeness (QED) is 0.765. The Bertz CT molecular complexity index is 917. The predicted molar refractivity (Wildman–Crippen MR) is 98.8 cm³/mol. The first-order valence-corrected chi connectivity index (χ1v) is 9.62. The Morgan fingerprint density at radius 3 is 3.04 bits per heavy atom. The summed E-state index contributed by atoms with van der Waals surface area (Å²) in [5.74, 6) is 1.72. The predicted octanol–water partition coefficient (Wildman–Crippen LogP) is 2.76. The molecule has 3 aromatic rings. The van der Waals surface area contributed by atoms with Gasteiger partial charge in [0, 0.05) is 19.2 Å². The second kappa shape index (κ2) is 7.33. The summed E-state index contributed by atoms with van der Waals surface area (Å²) in [6, 6.07) is 5.67. The summed E-state index contributed by atoms with van der Waals surface area (Å²) in [6.45, 7) is 3.15. The maximum Gasteiger partial charge on any atom is 0.263 e. The van der Waals surface area contributed by atoms with E-state index in [4.69, 9.17) is 0 Å². The molecule has 0 aromatic carbocycles. The number of rotatable bonds is 4. The van der Waals surface area contributed by atoms with E-state index in [0.29, 0.717) is 17.1 Å². The minimum absolute atomic E-state index is 0.131. The zero-order valence-corrected chi connectivity index (χ0v) is 15.4. The number of aromatic nitrogens is 5. The largest absolute Gasteiger partial charge is 0.344 e. The fraction of sp³-hybridized carbons (Fsp3) is 0.389. The number of nitrogens with zero attached hydrogens (tertiary/aromatic N) is 5. The molecule has 1 N–H and O–H groups in total. The molecule has 26 heavy (non-hydrogen) atoms. The van der Waals surface area contributed by atoms with E-state index < -0.39 is 0 Å². The van der Waals surface area contributed by atoms with E-state index in [0.717, 1.165) is 48.2 Å². The third-order valence-electron chi connectivity index (χ3n) is 4.48. The lowest BCUT2D eigenvalue weighted by molar-refractivity contribution is 0.0952. The van der Waals surface area contributed by atoms with Crippen molar-refractivity contribution in [1.29, 1.82) is 0 Å². The highest BCUT2D eigenvalue weighted by Gasteiger charge is 2.19. The molecule has 0 saturated carbocycles. The number of hydrogen-bond donors (Lipinski definition) is 1. The van der Waals surface area contributed by atoms with Crippen molar-refractivity contribution in [1.82, 2.24) is 30.0 Å². The molecule has 1 amide bonds. The minimum atomic E-state index is -0.131. The van der Waals surface area contributed by atoms with Crippen LogP contribution in [0.1, 0.15) is 46.3 Å². The van der Waals surface area contributed by atoms with Crippen molar-refractivity contribution in [3.05, 3.63) is 46.6 Å². The van der Waals surface area contributed by atoms with Crippen LogP contribution in [0.5, 0.6) is 0 Å². The topological polar surface area (TPSA) is 85.6 Å². The van der Waals surface area contributed by atoms with Crippen molar-refractivity contribution >= 4 is 17.2 Å². The monoisotopic (exact) mass is 368 g/mol. The second-order valence-corrected chi connectivity index (χ2v) is 7.33. The van der Waals surface area contributed by atoms with Crippen LogP contribution in [0.4, 0.5) is 0 Å². The van der Waals surface area contributed by atoms with Gasteiger partial charge in [-0.1, -0.05) is 12.5 Å². The van der Waals surface area contributed by atoms with Gasteiger partial charge in [-0.3, -0.25) is 9.78 Å². The molecule has 7 nitrogen and oxygen atoms in total. The SMILES string of the molecule is Cc1nc(-c2ccccn2)sc1C(=O)NCc1nnc2n1CCCCC2. The number of pyridine rings is 1. The van der Waals surface area contributed by atoms with Crippen molar-refractivity contribution in [3.8, 4) is 10.7 Å². The van der Waals surface area contributed by atoms with Gasteiger partial charge in [0.15, 0.2) is 5.82 Å². The third kappa shape index (κ3) is 3.37. The van der Waals surface area contributed by atoms with Crippen LogP contribution >= 0.6 is 11.3 Å². The van der Waals surface area contributed by atoms with Crippen molar-refractivity contribution < 1.29 is 4.79 Å². The Morgan fingerprint density at radius 1 is 1.27 bits per heavy atom. The van der Waals surface area contributed by atoms with Gasteiger partial charge >= 0.3 is 0 Å². The number of amides is 1. The van der Waals surface area contributed by atoms with Crippen LogP contribution in [0, 0.1) is 6.92 Å². The van der Waals surface area contributed by atoms with E-state index >= 15 is 0 Å². The van der Waals surface area contributed by atoms with Gasteiger partial charge in [0.1, 0.15) is 15.7 Å². The molecule has 1 aliphatic heterocycles. The molecule has 0 atom stereocenters. The van der Waals surface area contributed by atoms with Gasteiger partial charge in [-0.2, -0.15) is 0 Å². The third-order valence-corrected chi connectivity index (χ3v) is 5.66. The van der Waals surface area contributed by atoms with E-state index in [1.807, 2.05) is 25.1 Å². The number of carbonyl (C=O) groups is 1. The number of fused-ring (bicyclic) bond motifs is 1. The van der Waals surface area contributed by atoms with Crippen LogP contribution in [0.15, 0.2) is 24.4 Å². The van der Waals surface area contributed by atoms with Crippen molar-refractivity contribution in [2.24, 2.45) is 0 Å². The van der Waals surface area contributed by atoms with Gasteiger partial charge in [0.05, 0.1) is 17.9 Å². The van der Waals surface area contributed by atoms with Crippen molar-refractivity contribution in [2.45, 2.75) is 45.7 Å². The lowest BCUT2D eigenvalue weighted by Gasteiger charge is -2.07. The van der Waals surface area contributed by atoms with Crippen LogP contribution in [-0.2, 0) is 19.5 Å². The summed E-state index contributed by atoms with van der Waals surface area (Å²) in [6.07, 6.45) is 6.19. The van der Waals surface area contributed by atoms with E-state index in [2.05, 4.69) is 30.0 Å². The summed E-state index contributed by atoms with van der Waals surface area (Å²) in [4.78, 5) is 22.0. The molecule has 4 rings (SSSR count). The van der Waals surface area contributed by atoms with Crippen LogP contribution in [0.3, 0.4) is 0 Å². The molecular weight excluding hydrogens is 348 g/mol. The Morgan fingerprint density at radius 2 is 2.19 bits per heavy atom. The van der Waals surface area contributed by atoms with Gasteiger partial charge in [0.2, 0.25) is 0 Å². The van der Waals surface area contributed by atoms with Gasteiger partial charge < -0.3 is 9.88 Å². The zero-order valence-electron chi connectivity index (χ0n) is 14.6. The van der Waals surface area contributed by atoms with E-state index in [9.17, 15) is 4.79 Å². The Balaban J connectivity index is 1.48. The van der Waals surface area contributed by atoms with E-state index in [1.165, 1.54) is 17.8 Å². The summed E-state index contributed by atoms with van der Waals surface area (Å²) < 4.78 is 2.14. The lowest BCUT2D eigenvalue weighted by atomic mass is 10.2. The van der Waals surface area contributed by atoms with Crippen LogP contribution in [0.2, 0.25) is 0 Å². The molecular formula is C18H20N6OS. The second-order valence-electron chi connectivity index (χ2n) is 6.33. The number of carbonyl (C=O) groups excluding carboxylic acids is 1. The number of hydrogen-bond acceptors (Lipinski definition) is 6. The summed E-state index contributed by atoms with van der Waals surface area (Å²) in [5, 5.41) is 12.2. The Kier molecular flexibility index (Phi) is 4.75. The molecule has 0 radical (unpaired) electrons. The highest BCUT2D eigenvalue weighted by Crippen LogP contribution is 2.26. The summed E-state index contributed by atoms with van der Waals surface area (Å²) >= 11 is 1.36. The number of thiazole rings is 1. The fourth-order valence-corrected chi connectivity index (χ4v) is 4.08. The van der Waals surface area contributed by atoms with E-state index in [-0.39, 0.29) is 5.91 Å². The van der Waals surface area contributed by atoms with Gasteiger partial charge in [-0.25, -0.2) is 4.98 Å². The molecule has 0 unspecified atom stereocenters. The van der Waals surface area contributed by atoms with Gasteiger partial charge in [0.25, 0.3) is 5.91 Å². The smallest absolute Gasteiger partial charge is 0.263 e. The molecule has 0 bridgehead atoms. The van der Waals surface area contributed by atoms with Gasteiger partial charge in [-0.15, -0.1) is 21.5 Å².